The molecule has 27 heavy (non-hydrogen) atoms. The molecule has 144 valence electrons. The molecule has 10 heteroatoms. The summed E-state index contributed by atoms with van der Waals surface area (Å²) in [7, 11) is -3.40. The van der Waals surface area contributed by atoms with E-state index in [0.717, 1.165) is 12.1 Å². The van der Waals surface area contributed by atoms with Crippen LogP contribution in [-0.4, -0.2) is 66.9 Å². The van der Waals surface area contributed by atoms with E-state index in [9.17, 15) is 13.2 Å². The molecule has 1 amide bonds. The number of aromatic nitrogens is 1. The maximum Gasteiger partial charge on any atom is 0.256 e. The van der Waals surface area contributed by atoms with Crippen LogP contribution in [0.3, 0.4) is 0 Å². The van der Waals surface area contributed by atoms with Crippen LogP contribution in [-0.2, 0) is 14.8 Å². The molecule has 1 atom stereocenters. The first-order valence-corrected chi connectivity index (χ1v) is 10.1. The van der Waals surface area contributed by atoms with Crippen molar-refractivity contribution in [1.29, 1.82) is 0 Å². The van der Waals surface area contributed by atoms with Gasteiger partial charge < -0.3 is 15.1 Å². The van der Waals surface area contributed by atoms with Gasteiger partial charge in [0, 0.05) is 44.8 Å². The number of hydrogen-bond acceptors (Lipinski definition) is 6. The summed E-state index contributed by atoms with van der Waals surface area (Å²) in [5.74, 6) is 0.231. The highest BCUT2D eigenvalue weighted by Gasteiger charge is 2.31. The third kappa shape index (κ3) is 4.05. The Morgan fingerprint density at radius 2 is 2.11 bits per heavy atom. The number of piperazine rings is 1. The number of halogens is 1. The van der Waals surface area contributed by atoms with Crippen LogP contribution in [0.4, 0.5) is 0 Å². The van der Waals surface area contributed by atoms with E-state index in [1.807, 2.05) is 17.0 Å². The first-order valence-electron chi connectivity index (χ1n) is 8.44. The molecule has 0 saturated carbocycles. The largest absolute Gasteiger partial charge is 0.330 e. The van der Waals surface area contributed by atoms with Crippen LogP contribution < -0.4 is 5.32 Å². The lowest BCUT2D eigenvalue weighted by Gasteiger charge is -2.37. The number of pyridine rings is 1. The molecule has 1 unspecified atom stereocenters. The monoisotopic (exact) mass is 409 g/mol. The molecule has 1 saturated heterocycles. The van der Waals surface area contributed by atoms with Crippen LogP contribution in [0.15, 0.2) is 52.8 Å². The standard InChI is InChI=1S/C17H19N5O3S.ClH/c23-17(14-3-4-16-20-26(24,25)9-8-21(16)12-14)22-7-6-19-11-15(22)13-2-1-5-18-10-13;/h1-5,10,12,15,19H,6-9,11H2;1H. The van der Waals surface area contributed by atoms with Gasteiger partial charge in [-0.3, -0.25) is 9.78 Å². The van der Waals surface area contributed by atoms with Gasteiger partial charge in [-0.15, -0.1) is 16.8 Å². The fraction of sp³-hybridized carbons (Fsp3) is 0.353. The van der Waals surface area contributed by atoms with Gasteiger partial charge in [-0.05, 0) is 23.8 Å². The number of rotatable bonds is 2. The lowest BCUT2D eigenvalue weighted by atomic mass is 10.0. The van der Waals surface area contributed by atoms with Crippen molar-refractivity contribution in [2.24, 2.45) is 4.40 Å². The smallest absolute Gasteiger partial charge is 0.256 e. The molecule has 0 radical (unpaired) electrons. The van der Waals surface area contributed by atoms with Gasteiger partial charge >= 0.3 is 0 Å². The minimum absolute atomic E-state index is 0. The fourth-order valence-corrected chi connectivity index (χ4v) is 4.28. The molecule has 1 fully saturated rings. The second-order valence-electron chi connectivity index (χ2n) is 6.35. The molecule has 1 aromatic rings. The van der Waals surface area contributed by atoms with E-state index >= 15 is 0 Å². The first-order chi connectivity index (χ1) is 12.5. The van der Waals surface area contributed by atoms with Crippen molar-refractivity contribution < 1.29 is 13.2 Å². The third-order valence-electron chi connectivity index (χ3n) is 4.64. The summed E-state index contributed by atoms with van der Waals surface area (Å²) >= 11 is 0. The lowest BCUT2D eigenvalue weighted by Crippen LogP contribution is -2.49. The first kappa shape index (κ1) is 19.5. The van der Waals surface area contributed by atoms with Crippen molar-refractivity contribution in [2.75, 3.05) is 31.9 Å². The summed E-state index contributed by atoms with van der Waals surface area (Å²) in [5, 5.41) is 3.32. The number of fused-ring (bicyclic) bond motifs is 1. The molecule has 1 aromatic heterocycles. The molecule has 4 rings (SSSR count). The van der Waals surface area contributed by atoms with Gasteiger partial charge in [-0.1, -0.05) is 6.07 Å². The van der Waals surface area contributed by atoms with E-state index in [1.54, 1.807) is 35.6 Å². The minimum Gasteiger partial charge on any atom is -0.330 e. The fourth-order valence-electron chi connectivity index (χ4n) is 3.31. The summed E-state index contributed by atoms with van der Waals surface area (Å²) in [6.07, 6.45) is 8.41. The Balaban J connectivity index is 0.00000210. The summed E-state index contributed by atoms with van der Waals surface area (Å²) < 4.78 is 27.0. The molecule has 0 spiro atoms. The normalized spacial score (nSPS) is 23.6. The van der Waals surface area contributed by atoms with E-state index in [1.165, 1.54) is 0 Å². The van der Waals surface area contributed by atoms with E-state index in [4.69, 9.17) is 0 Å². The number of hydrogen-bond donors (Lipinski definition) is 1. The number of amides is 1. The van der Waals surface area contributed by atoms with Gasteiger partial charge in [0.1, 0.15) is 5.84 Å². The minimum atomic E-state index is -3.40. The Bertz CT molecular complexity index is 914. The van der Waals surface area contributed by atoms with Gasteiger partial charge in [-0.2, -0.15) is 0 Å². The highest BCUT2D eigenvalue weighted by molar-refractivity contribution is 7.90. The summed E-state index contributed by atoms with van der Waals surface area (Å²) in [6, 6.07) is 3.75. The van der Waals surface area contributed by atoms with Gasteiger partial charge in [-0.25, -0.2) is 8.42 Å². The molecule has 3 aliphatic heterocycles. The van der Waals surface area contributed by atoms with Gasteiger partial charge in [0.15, 0.2) is 0 Å². The van der Waals surface area contributed by atoms with Crippen molar-refractivity contribution in [1.82, 2.24) is 20.1 Å². The molecule has 0 aliphatic carbocycles. The SMILES string of the molecule is Cl.O=C(C1=CN2CCS(=O)(=O)N=C2C=C1)N1CCNCC1c1cccnc1. The molecule has 1 N–H and O–H groups in total. The van der Waals surface area contributed by atoms with E-state index < -0.39 is 10.0 Å². The molecule has 4 heterocycles. The molecule has 0 bridgehead atoms. The Hall–Kier alpha value is -2.23. The van der Waals surface area contributed by atoms with Crippen LogP contribution in [0.5, 0.6) is 0 Å². The van der Waals surface area contributed by atoms with Crippen LogP contribution >= 0.6 is 12.4 Å². The van der Waals surface area contributed by atoms with Crippen LogP contribution in [0, 0.1) is 0 Å². The third-order valence-corrected chi connectivity index (χ3v) is 5.81. The maximum atomic E-state index is 13.1. The highest BCUT2D eigenvalue weighted by Crippen LogP contribution is 2.25. The zero-order chi connectivity index (χ0) is 18.1. The average molecular weight is 410 g/mol. The lowest BCUT2D eigenvalue weighted by molar-refractivity contribution is -0.130. The van der Waals surface area contributed by atoms with Gasteiger partial charge in [0.2, 0.25) is 0 Å². The van der Waals surface area contributed by atoms with Crippen LogP contribution in [0.25, 0.3) is 0 Å². The van der Waals surface area contributed by atoms with Gasteiger partial charge in [0.25, 0.3) is 15.9 Å². The molecular weight excluding hydrogens is 390 g/mol. The van der Waals surface area contributed by atoms with Crippen molar-refractivity contribution in [2.45, 2.75) is 6.04 Å². The Morgan fingerprint density at radius 1 is 1.26 bits per heavy atom. The average Bonchev–Trinajstić information content (AvgIpc) is 2.67. The van der Waals surface area contributed by atoms with E-state index in [0.29, 0.717) is 31.0 Å². The Labute approximate surface area is 164 Å². The predicted molar refractivity (Wildman–Crippen MR) is 104 cm³/mol. The second-order valence-corrected chi connectivity index (χ2v) is 8.11. The van der Waals surface area contributed by atoms with E-state index in [2.05, 4.69) is 14.7 Å². The van der Waals surface area contributed by atoms with Crippen molar-refractivity contribution in [3.8, 4) is 0 Å². The summed E-state index contributed by atoms with van der Waals surface area (Å²) in [6.45, 7) is 2.30. The Kier molecular flexibility index (Phi) is 5.64. The van der Waals surface area contributed by atoms with Crippen molar-refractivity contribution >= 4 is 34.2 Å². The van der Waals surface area contributed by atoms with Crippen molar-refractivity contribution in [3.63, 3.8) is 0 Å². The summed E-state index contributed by atoms with van der Waals surface area (Å²) in [4.78, 5) is 20.8. The topological polar surface area (TPSA) is 95.0 Å². The van der Waals surface area contributed by atoms with E-state index in [-0.39, 0.29) is 30.1 Å². The quantitative estimate of drug-likeness (QED) is 0.763. The predicted octanol–water partition coefficient (Wildman–Crippen LogP) is 0.474. The number of nitrogens with one attached hydrogen (secondary N) is 1. The number of sulfonamides is 1. The highest BCUT2D eigenvalue weighted by atomic mass is 35.5. The van der Waals surface area contributed by atoms with Crippen LogP contribution in [0.1, 0.15) is 11.6 Å². The number of amidine groups is 1. The zero-order valence-corrected chi connectivity index (χ0v) is 16.1. The second kappa shape index (κ2) is 7.79. The number of carbonyl (C=O) groups is 1. The number of carbonyl (C=O) groups excluding carboxylic acids is 1. The zero-order valence-electron chi connectivity index (χ0n) is 14.5. The van der Waals surface area contributed by atoms with Crippen molar-refractivity contribution in [3.05, 3.63) is 54.0 Å². The number of nitrogens with zero attached hydrogens (tertiary/aromatic N) is 4. The van der Waals surface area contributed by atoms with Crippen LogP contribution in [0.2, 0.25) is 0 Å². The Morgan fingerprint density at radius 3 is 2.89 bits per heavy atom. The molecule has 0 aromatic carbocycles. The molecular formula is C17H20ClN5O3S. The molecule has 8 nitrogen and oxygen atoms in total. The summed E-state index contributed by atoms with van der Waals surface area (Å²) in [5.41, 5.74) is 1.51. The molecule has 3 aliphatic rings. The maximum absolute atomic E-state index is 13.1. The van der Waals surface area contributed by atoms with Gasteiger partial charge in [0.05, 0.1) is 17.4 Å².